The van der Waals surface area contributed by atoms with Crippen LogP contribution in [-0.4, -0.2) is 36.6 Å². The van der Waals surface area contributed by atoms with E-state index >= 15 is 0 Å². The van der Waals surface area contributed by atoms with Gasteiger partial charge >= 0.3 is 14.2 Å². The predicted octanol–water partition coefficient (Wildman–Crippen LogP) is 5.07. The summed E-state index contributed by atoms with van der Waals surface area (Å²) in [5.74, 6) is 1.69. The molecule has 0 saturated carbocycles. The molecular weight excluding hydrogens is 418 g/mol. The molecule has 10 heteroatoms. The summed E-state index contributed by atoms with van der Waals surface area (Å²) in [6, 6.07) is 14.2. The van der Waals surface area contributed by atoms with Gasteiger partial charge in [0.2, 0.25) is 0 Å². The van der Waals surface area contributed by atoms with Gasteiger partial charge in [0.05, 0.1) is 12.0 Å². The van der Waals surface area contributed by atoms with Crippen molar-refractivity contribution in [2.75, 3.05) is 13.9 Å². The second kappa shape index (κ2) is 15.7. The SMILES string of the molecule is CB1OCO1.CB1Oc2ccccc2O1.CC.CC.COS(=O)(=O)c1ccc(C)cc1. The molecule has 0 N–H and O–H groups in total. The lowest BCUT2D eigenvalue weighted by atomic mass is 9.94. The highest BCUT2D eigenvalue weighted by atomic mass is 32.2. The van der Waals surface area contributed by atoms with Gasteiger partial charge in [0, 0.05) is 0 Å². The van der Waals surface area contributed by atoms with E-state index < -0.39 is 10.1 Å². The second-order valence-corrected chi connectivity index (χ2v) is 7.42. The lowest BCUT2D eigenvalue weighted by Gasteiger charge is -2.18. The fourth-order valence-corrected chi connectivity index (χ4v) is 2.69. The summed E-state index contributed by atoms with van der Waals surface area (Å²) in [5, 5.41) is 0. The largest absolute Gasteiger partial charge is 0.591 e. The van der Waals surface area contributed by atoms with Gasteiger partial charge in [0.25, 0.3) is 10.1 Å². The Morgan fingerprint density at radius 3 is 1.55 bits per heavy atom. The number of rotatable bonds is 2. The lowest BCUT2D eigenvalue weighted by molar-refractivity contribution is -0.00865. The van der Waals surface area contributed by atoms with Crippen LogP contribution in [-0.2, 0) is 23.6 Å². The highest BCUT2D eigenvalue weighted by molar-refractivity contribution is 7.86. The van der Waals surface area contributed by atoms with E-state index in [9.17, 15) is 8.42 Å². The van der Waals surface area contributed by atoms with E-state index in [1.165, 1.54) is 12.1 Å². The Labute approximate surface area is 188 Å². The molecule has 2 aromatic carbocycles. The van der Waals surface area contributed by atoms with Crippen molar-refractivity contribution in [1.82, 2.24) is 0 Å². The number of hydrogen-bond donors (Lipinski definition) is 0. The number of benzene rings is 2. The van der Waals surface area contributed by atoms with Gasteiger partial charge in [-0.05, 0) is 44.8 Å². The zero-order chi connectivity index (χ0) is 23.9. The Balaban J connectivity index is 0.000000425. The van der Waals surface area contributed by atoms with Gasteiger partial charge < -0.3 is 18.6 Å². The van der Waals surface area contributed by atoms with E-state index in [1.54, 1.807) is 12.1 Å². The molecule has 4 rings (SSSR count). The van der Waals surface area contributed by atoms with Crippen molar-refractivity contribution in [2.45, 2.75) is 53.2 Å². The molecule has 2 aliphatic rings. The Morgan fingerprint density at radius 1 is 0.806 bits per heavy atom. The van der Waals surface area contributed by atoms with Crippen LogP contribution >= 0.6 is 0 Å². The van der Waals surface area contributed by atoms with Gasteiger partial charge in [-0.2, -0.15) is 8.42 Å². The number of hydrogen-bond acceptors (Lipinski definition) is 7. The maximum Gasteiger partial charge on any atom is 0.591 e. The molecular formula is C21H34B2O7S. The number of fused-ring (bicyclic) bond motifs is 1. The van der Waals surface area contributed by atoms with Gasteiger partial charge in [-0.25, -0.2) is 0 Å². The summed E-state index contributed by atoms with van der Waals surface area (Å²) in [5.41, 5.74) is 1.02. The smallest absolute Gasteiger partial charge is 0.523 e. The van der Waals surface area contributed by atoms with Gasteiger partial charge in [0.1, 0.15) is 18.3 Å². The molecule has 0 bridgehead atoms. The van der Waals surface area contributed by atoms with E-state index in [4.69, 9.17) is 18.6 Å². The topological polar surface area (TPSA) is 80.3 Å². The van der Waals surface area contributed by atoms with E-state index in [-0.39, 0.29) is 19.1 Å². The molecule has 0 aromatic heterocycles. The molecule has 0 amide bonds. The Bertz CT molecular complexity index is 801. The third-order valence-electron chi connectivity index (χ3n) is 3.57. The van der Waals surface area contributed by atoms with Crippen LogP contribution in [0.5, 0.6) is 11.5 Å². The summed E-state index contributed by atoms with van der Waals surface area (Å²) >= 11 is 0. The standard InChI is InChI=1S/C8H10O3S.C7H7BO2.C2H5BO2.2C2H6/c1-7-3-5-8(6-4-7)12(9,10)11-2;1-8-9-6-4-2-3-5-7(6)10-8;1-3-4-2-5-3;2*1-2/h3-6H,1-2H3;2-5H,1H3;2H2,1H3;2*1-2H3. The summed E-state index contributed by atoms with van der Waals surface area (Å²) < 4.78 is 46.5. The van der Waals surface area contributed by atoms with Gasteiger partial charge in [-0.3, -0.25) is 4.18 Å². The average molecular weight is 452 g/mol. The molecule has 0 aliphatic carbocycles. The summed E-state index contributed by atoms with van der Waals surface area (Å²) in [6.45, 7) is 14.1. The Hall–Kier alpha value is -2.00. The minimum absolute atomic E-state index is 0.0648. The third-order valence-corrected chi connectivity index (χ3v) is 4.86. The third kappa shape index (κ3) is 10.7. The van der Waals surface area contributed by atoms with Crippen molar-refractivity contribution in [3.63, 3.8) is 0 Å². The average Bonchev–Trinajstić information content (AvgIpc) is 3.16. The van der Waals surface area contributed by atoms with Crippen LogP contribution in [0.3, 0.4) is 0 Å². The maximum absolute atomic E-state index is 11.1. The fourth-order valence-electron chi connectivity index (χ4n) is 2.03. The number of para-hydroxylation sites is 2. The Kier molecular flexibility index (Phi) is 14.7. The van der Waals surface area contributed by atoms with E-state index in [0.29, 0.717) is 6.79 Å². The van der Waals surface area contributed by atoms with Gasteiger partial charge in [0.15, 0.2) is 0 Å². The van der Waals surface area contributed by atoms with Crippen molar-refractivity contribution in [3.8, 4) is 11.5 Å². The first-order valence-corrected chi connectivity index (χ1v) is 11.8. The lowest BCUT2D eigenvalue weighted by Crippen LogP contribution is -2.31. The van der Waals surface area contributed by atoms with Crippen LogP contribution < -0.4 is 9.31 Å². The molecule has 2 heterocycles. The fraction of sp³-hybridized carbons (Fsp3) is 0.429. The van der Waals surface area contributed by atoms with Crippen LogP contribution in [0.15, 0.2) is 53.4 Å². The van der Waals surface area contributed by atoms with Crippen LogP contribution in [0.2, 0.25) is 13.6 Å². The molecule has 172 valence electrons. The molecule has 2 aliphatic heterocycles. The molecule has 0 radical (unpaired) electrons. The van der Waals surface area contributed by atoms with Crippen molar-refractivity contribution in [2.24, 2.45) is 0 Å². The first-order valence-electron chi connectivity index (χ1n) is 10.3. The normalized spacial score (nSPS) is 12.9. The summed E-state index contributed by atoms with van der Waals surface area (Å²) in [6.07, 6.45) is 0. The van der Waals surface area contributed by atoms with E-state index in [0.717, 1.165) is 24.2 Å². The highest BCUT2D eigenvalue weighted by Gasteiger charge is 2.24. The first-order chi connectivity index (χ1) is 14.8. The summed E-state index contributed by atoms with van der Waals surface area (Å²) in [4.78, 5) is 0.190. The van der Waals surface area contributed by atoms with Crippen molar-refractivity contribution >= 4 is 24.4 Å². The highest BCUT2D eigenvalue weighted by Crippen LogP contribution is 2.32. The zero-order valence-corrected chi connectivity index (χ0v) is 20.6. The van der Waals surface area contributed by atoms with E-state index in [1.807, 2.05) is 72.5 Å². The van der Waals surface area contributed by atoms with E-state index in [2.05, 4.69) is 4.18 Å². The maximum atomic E-state index is 11.1. The molecule has 1 saturated heterocycles. The monoisotopic (exact) mass is 452 g/mol. The molecule has 0 atom stereocenters. The molecule has 1 fully saturated rings. The molecule has 31 heavy (non-hydrogen) atoms. The Morgan fingerprint density at radius 2 is 1.23 bits per heavy atom. The molecule has 0 spiro atoms. The number of aryl methyl sites for hydroxylation is 1. The quantitative estimate of drug-likeness (QED) is 0.465. The minimum atomic E-state index is -3.51. The second-order valence-electron chi connectivity index (χ2n) is 5.70. The predicted molar refractivity (Wildman–Crippen MR) is 126 cm³/mol. The van der Waals surface area contributed by atoms with Gasteiger partial charge in [-0.15, -0.1) is 0 Å². The van der Waals surface area contributed by atoms with Crippen molar-refractivity contribution in [1.29, 1.82) is 0 Å². The van der Waals surface area contributed by atoms with Crippen molar-refractivity contribution < 1.29 is 31.2 Å². The zero-order valence-electron chi connectivity index (χ0n) is 19.7. The molecule has 7 nitrogen and oxygen atoms in total. The van der Waals surface area contributed by atoms with Crippen LogP contribution in [0.1, 0.15) is 33.3 Å². The van der Waals surface area contributed by atoms with Crippen LogP contribution in [0.4, 0.5) is 0 Å². The van der Waals surface area contributed by atoms with Crippen LogP contribution in [0, 0.1) is 6.92 Å². The van der Waals surface area contributed by atoms with Crippen molar-refractivity contribution in [3.05, 3.63) is 54.1 Å². The molecule has 0 unspecified atom stereocenters. The first kappa shape index (κ1) is 29.0. The van der Waals surface area contributed by atoms with Crippen LogP contribution in [0.25, 0.3) is 0 Å². The van der Waals surface area contributed by atoms with Gasteiger partial charge in [-0.1, -0.05) is 57.5 Å². The summed E-state index contributed by atoms with van der Waals surface area (Å²) in [7, 11) is -2.43. The molecule has 2 aromatic rings. The minimum Gasteiger partial charge on any atom is -0.523 e.